The van der Waals surface area contributed by atoms with E-state index in [1.165, 1.54) is 6.92 Å². The number of nitrogens with one attached hydrogen (secondary N) is 1. The maximum atomic E-state index is 10.0. The third kappa shape index (κ3) is 2.00. The van der Waals surface area contributed by atoms with Crippen LogP contribution in [0.3, 0.4) is 0 Å². The first-order valence-electron chi connectivity index (χ1n) is 2.26. The fourth-order valence-electron chi connectivity index (χ4n) is 0.238. The molecule has 0 aliphatic carbocycles. The van der Waals surface area contributed by atoms with Gasteiger partial charge in [0.15, 0.2) is 0 Å². The average molecular weight is 131 g/mol. The zero-order chi connectivity index (χ0) is 7.44. The Morgan fingerprint density at radius 3 is 2.22 bits per heavy atom. The van der Waals surface area contributed by atoms with Crippen LogP contribution in [0, 0.1) is 0 Å². The fourth-order valence-corrected chi connectivity index (χ4v) is 0.238. The summed E-state index contributed by atoms with van der Waals surface area (Å²) in [7, 11) is 0. The predicted octanol–water partition coefficient (Wildman–Crippen LogP) is -1.28. The van der Waals surface area contributed by atoms with Gasteiger partial charge in [-0.1, -0.05) is 0 Å². The van der Waals surface area contributed by atoms with E-state index in [1.54, 1.807) is 0 Å². The molecule has 0 saturated heterocycles. The molecule has 0 spiro atoms. The standard InChI is InChI=1S/C4H9N3O2/c1-2(7-6)3(5)4(8)9/h7H,5-6H2,1H3,(H,8,9)/b3-2-. The van der Waals surface area contributed by atoms with Crippen molar-refractivity contribution in [3.63, 3.8) is 0 Å². The van der Waals surface area contributed by atoms with Crippen molar-refractivity contribution in [2.24, 2.45) is 11.6 Å². The van der Waals surface area contributed by atoms with Crippen LogP contribution in [0.5, 0.6) is 0 Å². The van der Waals surface area contributed by atoms with Crippen molar-refractivity contribution in [3.8, 4) is 0 Å². The first-order chi connectivity index (χ1) is 4.09. The number of aliphatic carboxylic acids is 1. The van der Waals surface area contributed by atoms with E-state index in [-0.39, 0.29) is 11.4 Å². The van der Waals surface area contributed by atoms with Crippen LogP contribution in [0.1, 0.15) is 6.92 Å². The number of hydrazine groups is 1. The van der Waals surface area contributed by atoms with Crippen molar-refractivity contribution in [2.45, 2.75) is 6.92 Å². The first-order valence-corrected chi connectivity index (χ1v) is 2.26. The molecule has 0 aromatic heterocycles. The third-order valence-electron chi connectivity index (χ3n) is 0.851. The van der Waals surface area contributed by atoms with Gasteiger partial charge in [-0.15, -0.1) is 0 Å². The Morgan fingerprint density at radius 2 is 2.11 bits per heavy atom. The zero-order valence-electron chi connectivity index (χ0n) is 5.01. The van der Waals surface area contributed by atoms with Crippen molar-refractivity contribution in [2.75, 3.05) is 0 Å². The molecule has 5 nitrogen and oxygen atoms in total. The SMILES string of the molecule is C/C(NN)=C(/N)C(=O)O. The highest BCUT2D eigenvalue weighted by atomic mass is 16.4. The van der Waals surface area contributed by atoms with Gasteiger partial charge in [-0.05, 0) is 6.92 Å². The summed E-state index contributed by atoms with van der Waals surface area (Å²) >= 11 is 0. The molecular weight excluding hydrogens is 122 g/mol. The number of hydrogen-bond donors (Lipinski definition) is 4. The van der Waals surface area contributed by atoms with Crippen LogP contribution in [0.15, 0.2) is 11.4 Å². The second-order valence-corrected chi connectivity index (χ2v) is 1.49. The number of rotatable bonds is 2. The minimum absolute atomic E-state index is 0.252. The Labute approximate surface area is 52.3 Å². The monoisotopic (exact) mass is 131 g/mol. The molecule has 9 heavy (non-hydrogen) atoms. The summed E-state index contributed by atoms with van der Waals surface area (Å²) in [5, 5.41) is 8.21. The highest BCUT2D eigenvalue weighted by Crippen LogP contribution is 1.89. The van der Waals surface area contributed by atoms with E-state index in [1.807, 2.05) is 0 Å². The van der Waals surface area contributed by atoms with Gasteiger partial charge in [-0.2, -0.15) is 0 Å². The van der Waals surface area contributed by atoms with E-state index in [9.17, 15) is 4.79 Å². The number of carboxylic acids is 1. The second kappa shape index (κ2) is 2.93. The van der Waals surface area contributed by atoms with Gasteiger partial charge < -0.3 is 16.3 Å². The van der Waals surface area contributed by atoms with E-state index in [0.29, 0.717) is 0 Å². The van der Waals surface area contributed by atoms with Gasteiger partial charge in [0, 0.05) is 0 Å². The lowest BCUT2D eigenvalue weighted by molar-refractivity contribution is -0.132. The number of allylic oxidation sites excluding steroid dienone is 1. The van der Waals surface area contributed by atoms with Crippen LogP contribution in [0.25, 0.3) is 0 Å². The highest BCUT2D eigenvalue weighted by molar-refractivity contribution is 5.86. The maximum Gasteiger partial charge on any atom is 0.353 e. The molecule has 0 amide bonds. The van der Waals surface area contributed by atoms with Gasteiger partial charge in [0.05, 0.1) is 5.70 Å². The van der Waals surface area contributed by atoms with Crippen molar-refractivity contribution >= 4 is 5.97 Å². The zero-order valence-corrected chi connectivity index (χ0v) is 5.01. The van der Waals surface area contributed by atoms with Crippen LogP contribution >= 0.6 is 0 Å². The molecule has 0 fully saturated rings. The lowest BCUT2D eigenvalue weighted by atomic mass is 10.4. The Balaban J connectivity index is 4.28. The normalized spacial score (nSPS) is 12.2. The summed E-state index contributed by atoms with van der Waals surface area (Å²) in [6, 6.07) is 0. The molecule has 0 aromatic carbocycles. The van der Waals surface area contributed by atoms with E-state index in [2.05, 4.69) is 5.43 Å². The Hall–Kier alpha value is -1.23. The van der Waals surface area contributed by atoms with Crippen molar-refractivity contribution in [1.82, 2.24) is 5.43 Å². The van der Waals surface area contributed by atoms with Crippen LogP contribution < -0.4 is 17.0 Å². The second-order valence-electron chi connectivity index (χ2n) is 1.49. The van der Waals surface area contributed by atoms with E-state index in [4.69, 9.17) is 16.7 Å². The fraction of sp³-hybridized carbons (Fsp3) is 0.250. The molecular formula is C4H9N3O2. The average Bonchev–Trinajstić information content (AvgIpc) is 1.84. The number of nitrogens with two attached hydrogens (primary N) is 2. The van der Waals surface area contributed by atoms with Gasteiger partial charge in [-0.3, -0.25) is 5.84 Å². The molecule has 0 unspecified atom stereocenters. The van der Waals surface area contributed by atoms with Gasteiger partial charge in [0.25, 0.3) is 0 Å². The Morgan fingerprint density at radius 1 is 1.67 bits per heavy atom. The van der Waals surface area contributed by atoms with E-state index in [0.717, 1.165) is 0 Å². The molecule has 52 valence electrons. The largest absolute Gasteiger partial charge is 0.477 e. The molecule has 6 N–H and O–H groups in total. The summed E-state index contributed by atoms with van der Waals surface area (Å²) in [6.45, 7) is 1.48. The lowest BCUT2D eigenvalue weighted by Gasteiger charge is -1.99. The summed E-state index contributed by atoms with van der Waals surface area (Å²) in [5.74, 6) is 3.68. The Bertz CT molecular complexity index is 152. The molecule has 0 heterocycles. The number of carboxylic acid groups (broad SMARTS) is 1. The summed E-state index contributed by atoms with van der Waals surface area (Å²) in [4.78, 5) is 10.0. The maximum absolute atomic E-state index is 10.0. The third-order valence-corrected chi connectivity index (χ3v) is 0.851. The molecule has 0 bridgehead atoms. The smallest absolute Gasteiger partial charge is 0.353 e. The summed E-state index contributed by atoms with van der Waals surface area (Å²) < 4.78 is 0. The van der Waals surface area contributed by atoms with Gasteiger partial charge in [0.1, 0.15) is 5.70 Å². The molecule has 0 radical (unpaired) electrons. The van der Waals surface area contributed by atoms with Gasteiger partial charge >= 0.3 is 5.97 Å². The minimum Gasteiger partial charge on any atom is -0.477 e. The molecule has 0 aromatic rings. The van der Waals surface area contributed by atoms with Crippen molar-refractivity contribution in [3.05, 3.63) is 11.4 Å². The highest BCUT2D eigenvalue weighted by Gasteiger charge is 2.03. The molecule has 0 saturated carbocycles. The molecule has 0 aliphatic rings. The number of hydrogen-bond acceptors (Lipinski definition) is 4. The summed E-state index contributed by atoms with van der Waals surface area (Å²) in [5.41, 5.74) is 7.11. The molecule has 5 heteroatoms. The van der Waals surface area contributed by atoms with Crippen molar-refractivity contribution < 1.29 is 9.90 Å². The summed E-state index contributed by atoms with van der Waals surface area (Å²) in [6.07, 6.45) is 0. The van der Waals surface area contributed by atoms with Crippen molar-refractivity contribution in [1.29, 1.82) is 0 Å². The first kappa shape index (κ1) is 7.77. The quantitative estimate of drug-likeness (QED) is 0.212. The van der Waals surface area contributed by atoms with E-state index >= 15 is 0 Å². The van der Waals surface area contributed by atoms with Crippen LogP contribution in [0.4, 0.5) is 0 Å². The minimum atomic E-state index is -1.18. The lowest BCUT2D eigenvalue weighted by Crippen LogP contribution is -2.25. The number of carbonyl (C=O) groups is 1. The van der Waals surface area contributed by atoms with Gasteiger partial charge in [-0.25, -0.2) is 4.79 Å². The van der Waals surface area contributed by atoms with Crippen LogP contribution in [-0.4, -0.2) is 11.1 Å². The van der Waals surface area contributed by atoms with Crippen LogP contribution in [-0.2, 0) is 4.79 Å². The topological polar surface area (TPSA) is 101 Å². The molecule has 0 aliphatic heterocycles. The molecule has 0 rings (SSSR count). The molecule has 0 atom stereocenters. The van der Waals surface area contributed by atoms with Gasteiger partial charge in [0.2, 0.25) is 0 Å². The Kier molecular flexibility index (Phi) is 2.53. The van der Waals surface area contributed by atoms with Crippen LogP contribution in [0.2, 0.25) is 0 Å². The van der Waals surface area contributed by atoms with E-state index < -0.39 is 5.97 Å². The predicted molar refractivity (Wildman–Crippen MR) is 31.8 cm³/mol.